The minimum absolute atomic E-state index is 0.131. The van der Waals surface area contributed by atoms with Crippen LogP contribution in [-0.4, -0.2) is 46.4 Å². The third-order valence-electron chi connectivity index (χ3n) is 6.19. The van der Waals surface area contributed by atoms with Gasteiger partial charge < -0.3 is 15.0 Å². The van der Waals surface area contributed by atoms with E-state index >= 15 is 0 Å². The van der Waals surface area contributed by atoms with Gasteiger partial charge in [0.05, 0.1) is 28.4 Å². The van der Waals surface area contributed by atoms with Crippen molar-refractivity contribution in [2.45, 2.75) is 38.6 Å². The Morgan fingerprint density at radius 1 is 1.19 bits per heavy atom. The highest BCUT2D eigenvalue weighted by atomic mass is 35.5. The second-order valence-electron chi connectivity index (χ2n) is 8.50. The Bertz CT molecular complexity index is 1280. The number of hydrogen-bond donors (Lipinski definition) is 1. The summed E-state index contributed by atoms with van der Waals surface area (Å²) in [4.78, 5) is 24.6. The van der Waals surface area contributed by atoms with Gasteiger partial charge in [-0.1, -0.05) is 24.6 Å². The van der Waals surface area contributed by atoms with Crippen LogP contribution in [0.5, 0.6) is 0 Å². The lowest BCUT2D eigenvalue weighted by molar-refractivity contribution is -0.137. The van der Waals surface area contributed by atoms with Crippen molar-refractivity contribution in [3.05, 3.63) is 69.2 Å². The fourth-order valence-electron chi connectivity index (χ4n) is 4.37. The van der Waals surface area contributed by atoms with Crippen LogP contribution in [0, 0.1) is 0 Å². The molecular weight excluding hydrogens is 495 g/mol. The molecule has 36 heavy (non-hydrogen) atoms. The molecule has 1 saturated heterocycles. The van der Waals surface area contributed by atoms with Crippen molar-refractivity contribution in [2.24, 2.45) is 7.05 Å². The standard InChI is InChI=1S/C25H27ClF3N5O2/c1-4-18-22(31-19-13-34(14-20(19)36-5-2)21-8-6-7-11-30-21)24(35)33(3)23(32-18)16-10-9-15(12-17(16)26)25(27,28)29/h6-12,19-20,31H,4-5,13-14H2,1-3H3/t19?,20-/m0/s1. The number of hydrogen-bond acceptors (Lipinski definition) is 6. The maximum atomic E-state index is 13.5. The van der Waals surface area contributed by atoms with Gasteiger partial charge in [-0.05, 0) is 43.7 Å². The summed E-state index contributed by atoms with van der Waals surface area (Å²) in [5.41, 5.74) is -0.130. The van der Waals surface area contributed by atoms with E-state index in [4.69, 9.17) is 16.3 Å². The van der Waals surface area contributed by atoms with Crippen LogP contribution in [-0.2, 0) is 24.4 Å². The van der Waals surface area contributed by atoms with Crippen LogP contribution in [0.1, 0.15) is 25.1 Å². The molecule has 4 rings (SSSR count). The Hall–Kier alpha value is -3.11. The molecule has 0 spiro atoms. The second kappa shape index (κ2) is 10.5. The topological polar surface area (TPSA) is 72.3 Å². The van der Waals surface area contributed by atoms with Crippen molar-refractivity contribution >= 4 is 23.1 Å². The molecule has 1 fully saturated rings. The van der Waals surface area contributed by atoms with E-state index < -0.39 is 11.7 Å². The Morgan fingerprint density at radius 2 is 1.97 bits per heavy atom. The lowest BCUT2D eigenvalue weighted by atomic mass is 10.1. The summed E-state index contributed by atoms with van der Waals surface area (Å²) in [6, 6.07) is 8.51. The van der Waals surface area contributed by atoms with Crippen LogP contribution in [0.4, 0.5) is 24.7 Å². The van der Waals surface area contributed by atoms with Gasteiger partial charge in [0.1, 0.15) is 17.3 Å². The highest BCUT2D eigenvalue weighted by molar-refractivity contribution is 6.33. The van der Waals surface area contributed by atoms with Gasteiger partial charge in [-0.2, -0.15) is 13.2 Å². The summed E-state index contributed by atoms with van der Waals surface area (Å²) in [6.07, 6.45) is -2.55. The fraction of sp³-hybridized carbons (Fsp3) is 0.400. The quantitative estimate of drug-likeness (QED) is 0.482. The van der Waals surface area contributed by atoms with Crippen LogP contribution in [0.2, 0.25) is 5.02 Å². The Kier molecular flexibility index (Phi) is 7.56. The molecule has 2 aromatic heterocycles. The molecule has 3 heterocycles. The molecule has 1 aliphatic rings. The average Bonchev–Trinajstić information content (AvgIpc) is 3.25. The van der Waals surface area contributed by atoms with Crippen molar-refractivity contribution in [3.63, 3.8) is 0 Å². The lowest BCUT2D eigenvalue weighted by Gasteiger charge is -2.22. The van der Waals surface area contributed by atoms with E-state index in [9.17, 15) is 18.0 Å². The second-order valence-corrected chi connectivity index (χ2v) is 8.91. The van der Waals surface area contributed by atoms with Crippen molar-refractivity contribution in [2.75, 3.05) is 29.9 Å². The van der Waals surface area contributed by atoms with Crippen molar-refractivity contribution in [3.8, 4) is 11.4 Å². The Labute approximate surface area is 211 Å². The predicted molar refractivity (Wildman–Crippen MR) is 134 cm³/mol. The van der Waals surface area contributed by atoms with E-state index in [1.807, 2.05) is 32.0 Å². The maximum absolute atomic E-state index is 13.5. The molecular formula is C25H27ClF3N5O2. The van der Waals surface area contributed by atoms with Gasteiger partial charge in [-0.25, -0.2) is 9.97 Å². The number of ether oxygens (including phenoxy) is 1. The SMILES string of the molecule is CCO[C@H]1CN(c2ccccn2)CC1Nc1c(CC)nc(-c2ccc(C(F)(F)F)cc2Cl)n(C)c1=O. The molecule has 0 bridgehead atoms. The number of halogens is 4. The van der Waals surface area contributed by atoms with Crippen molar-refractivity contribution in [1.29, 1.82) is 0 Å². The summed E-state index contributed by atoms with van der Waals surface area (Å²) in [5, 5.41) is 3.22. The molecule has 11 heteroatoms. The molecule has 1 N–H and O–H groups in total. The van der Waals surface area contributed by atoms with Gasteiger partial charge in [-0.15, -0.1) is 0 Å². The van der Waals surface area contributed by atoms with Crippen LogP contribution in [0.3, 0.4) is 0 Å². The molecule has 192 valence electrons. The number of aryl methyl sites for hydroxylation is 1. The number of nitrogens with zero attached hydrogens (tertiary/aromatic N) is 4. The van der Waals surface area contributed by atoms with E-state index in [-0.39, 0.29) is 34.1 Å². The zero-order valence-electron chi connectivity index (χ0n) is 20.1. The van der Waals surface area contributed by atoms with Crippen LogP contribution >= 0.6 is 11.6 Å². The van der Waals surface area contributed by atoms with Crippen LogP contribution in [0.25, 0.3) is 11.4 Å². The summed E-state index contributed by atoms with van der Waals surface area (Å²) in [6.45, 7) is 5.47. The smallest absolute Gasteiger partial charge is 0.374 e. The molecule has 2 atom stereocenters. The number of aromatic nitrogens is 3. The summed E-state index contributed by atoms with van der Waals surface area (Å²) in [7, 11) is 1.53. The monoisotopic (exact) mass is 521 g/mol. The number of pyridine rings is 1. The number of alkyl halides is 3. The molecule has 1 aliphatic heterocycles. The van der Waals surface area contributed by atoms with Gasteiger partial charge in [0.2, 0.25) is 0 Å². The molecule has 1 aromatic carbocycles. The van der Waals surface area contributed by atoms with Gasteiger partial charge in [0, 0.05) is 38.5 Å². The molecule has 0 saturated carbocycles. The zero-order chi connectivity index (χ0) is 26.0. The van der Waals surface area contributed by atoms with Gasteiger partial charge >= 0.3 is 6.18 Å². The summed E-state index contributed by atoms with van der Waals surface area (Å²) >= 11 is 6.20. The van der Waals surface area contributed by atoms with Crippen LogP contribution < -0.4 is 15.8 Å². The van der Waals surface area contributed by atoms with Crippen LogP contribution in [0.15, 0.2) is 47.4 Å². The van der Waals surface area contributed by atoms with E-state index in [0.29, 0.717) is 37.5 Å². The number of benzene rings is 1. The number of anilines is 2. The minimum atomic E-state index is -4.52. The number of nitrogens with one attached hydrogen (secondary N) is 1. The first-order valence-corrected chi connectivity index (χ1v) is 12.0. The van der Waals surface area contributed by atoms with Gasteiger partial charge in [-0.3, -0.25) is 9.36 Å². The predicted octanol–water partition coefficient (Wildman–Crippen LogP) is 4.78. The van der Waals surface area contributed by atoms with E-state index in [1.165, 1.54) is 17.7 Å². The van der Waals surface area contributed by atoms with E-state index in [0.717, 1.165) is 18.0 Å². The average molecular weight is 522 g/mol. The summed E-state index contributed by atoms with van der Waals surface area (Å²) in [5.74, 6) is 1.02. The lowest BCUT2D eigenvalue weighted by Crippen LogP contribution is -2.38. The molecule has 1 unspecified atom stereocenters. The molecule has 7 nitrogen and oxygen atoms in total. The summed E-state index contributed by atoms with van der Waals surface area (Å²) < 4.78 is 46.5. The number of rotatable bonds is 7. The first-order valence-electron chi connectivity index (χ1n) is 11.6. The van der Waals surface area contributed by atoms with Gasteiger partial charge in [0.25, 0.3) is 5.56 Å². The fourth-order valence-corrected chi connectivity index (χ4v) is 4.63. The maximum Gasteiger partial charge on any atom is 0.416 e. The first kappa shape index (κ1) is 26.0. The largest absolute Gasteiger partial charge is 0.416 e. The first-order chi connectivity index (χ1) is 17.1. The Morgan fingerprint density at radius 3 is 2.58 bits per heavy atom. The Balaban J connectivity index is 1.68. The van der Waals surface area contributed by atoms with Crippen molar-refractivity contribution < 1.29 is 17.9 Å². The molecule has 0 amide bonds. The highest BCUT2D eigenvalue weighted by Gasteiger charge is 2.35. The molecule has 0 radical (unpaired) electrons. The minimum Gasteiger partial charge on any atom is -0.374 e. The van der Waals surface area contributed by atoms with E-state index in [2.05, 4.69) is 20.2 Å². The van der Waals surface area contributed by atoms with E-state index in [1.54, 1.807) is 6.20 Å². The third-order valence-corrected chi connectivity index (χ3v) is 6.50. The molecule has 0 aliphatic carbocycles. The van der Waals surface area contributed by atoms with Crippen molar-refractivity contribution in [1.82, 2.24) is 14.5 Å². The normalized spacial score (nSPS) is 18.0. The zero-order valence-corrected chi connectivity index (χ0v) is 20.9. The third kappa shape index (κ3) is 5.19. The highest BCUT2D eigenvalue weighted by Crippen LogP contribution is 2.35. The molecule has 3 aromatic rings. The van der Waals surface area contributed by atoms with Gasteiger partial charge in [0.15, 0.2) is 0 Å².